The summed E-state index contributed by atoms with van der Waals surface area (Å²) in [4.78, 5) is 14.3. The van der Waals surface area contributed by atoms with Crippen LogP contribution in [-0.2, 0) is 9.53 Å². The summed E-state index contributed by atoms with van der Waals surface area (Å²) in [5, 5.41) is 13.2. The maximum absolute atomic E-state index is 12.2. The SMILES string of the molecule is CCC(O)C1CCCCN1CC(=O)NC1CCOCC1. The van der Waals surface area contributed by atoms with Crippen molar-refractivity contribution in [1.29, 1.82) is 0 Å². The summed E-state index contributed by atoms with van der Waals surface area (Å²) in [6.07, 6.45) is 5.53. The second-order valence-electron chi connectivity index (χ2n) is 5.96. The summed E-state index contributed by atoms with van der Waals surface area (Å²) in [6, 6.07) is 0.407. The van der Waals surface area contributed by atoms with E-state index in [1.807, 2.05) is 6.92 Å². The Morgan fingerprint density at radius 2 is 2.10 bits per heavy atom. The van der Waals surface area contributed by atoms with Crippen molar-refractivity contribution >= 4 is 5.91 Å². The van der Waals surface area contributed by atoms with E-state index in [9.17, 15) is 9.90 Å². The molecule has 2 aliphatic heterocycles. The van der Waals surface area contributed by atoms with Crippen molar-refractivity contribution < 1.29 is 14.6 Å². The molecular weight excluding hydrogens is 256 g/mol. The lowest BCUT2D eigenvalue weighted by molar-refractivity contribution is -0.125. The lowest BCUT2D eigenvalue weighted by Crippen LogP contribution is -2.52. The number of aliphatic hydroxyl groups excluding tert-OH is 1. The molecule has 0 aromatic carbocycles. The first-order valence-corrected chi connectivity index (χ1v) is 8.00. The van der Waals surface area contributed by atoms with Gasteiger partial charge in [0.1, 0.15) is 0 Å². The van der Waals surface area contributed by atoms with E-state index in [-0.39, 0.29) is 24.1 Å². The Kier molecular flexibility index (Phi) is 6.26. The van der Waals surface area contributed by atoms with E-state index in [0.29, 0.717) is 6.54 Å². The molecule has 2 unspecified atom stereocenters. The zero-order valence-corrected chi connectivity index (χ0v) is 12.5. The highest BCUT2D eigenvalue weighted by Gasteiger charge is 2.29. The standard InChI is InChI=1S/C15H28N2O3/c1-2-14(18)13-5-3-4-8-17(13)11-15(19)16-12-6-9-20-10-7-12/h12-14,18H,2-11H2,1H3,(H,16,19). The van der Waals surface area contributed by atoms with Crippen molar-refractivity contribution in [2.24, 2.45) is 0 Å². The minimum Gasteiger partial charge on any atom is -0.392 e. The lowest BCUT2D eigenvalue weighted by Gasteiger charge is -2.38. The van der Waals surface area contributed by atoms with Gasteiger partial charge in [0, 0.05) is 25.3 Å². The quantitative estimate of drug-likeness (QED) is 0.788. The summed E-state index contributed by atoms with van der Waals surface area (Å²) >= 11 is 0. The second-order valence-corrected chi connectivity index (χ2v) is 5.96. The molecule has 0 aliphatic carbocycles. The highest BCUT2D eigenvalue weighted by atomic mass is 16.5. The summed E-state index contributed by atoms with van der Waals surface area (Å²) in [5.41, 5.74) is 0. The zero-order valence-electron chi connectivity index (χ0n) is 12.5. The molecule has 0 spiro atoms. The number of likely N-dealkylation sites (tertiary alicyclic amines) is 1. The van der Waals surface area contributed by atoms with Gasteiger partial charge in [-0.25, -0.2) is 0 Å². The minimum atomic E-state index is -0.314. The van der Waals surface area contributed by atoms with Gasteiger partial charge in [-0.15, -0.1) is 0 Å². The predicted molar refractivity (Wildman–Crippen MR) is 77.5 cm³/mol. The summed E-state index contributed by atoms with van der Waals surface area (Å²) in [6.45, 7) is 4.82. The summed E-state index contributed by atoms with van der Waals surface area (Å²) in [5.74, 6) is 0.0899. The lowest BCUT2D eigenvalue weighted by atomic mass is 9.96. The molecule has 20 heavy (non-hydrogen) atoms. The number of aliphatic hydroxyl groups is 1. The second kappa shape index (κ2) is 7.96. The first-order chi connectivity index (χ1) is 9.70. The van der Waals surface area contributed by atoms with Gasteiger partial charge in [0.25, 0.3) is 0 Å². The van der Waals surface area contributed by atoms with Crippen molar-refractivity contribution in [2.45, 2.75) is 63.6 Å². The number of rotatable bonds is 5. The molecule has 0 aromatic heterocycles. The Hall–Kier alpha value is -0.650. The van der Waals surface area contributed by atoms with Gasteiger partial charge in [-0.2, -0.15) is 0 Å². The molecule has 2 N–H and O–H groups in total. The third-order valence-electron chi connectivity index (χ3n) is 4.46. The van der Waals surface area contributed by atoms with E-state index in [4.69, 9.17) is 4.74 Å². The van der Waals surface area contributed by atoms with Crippen molar-refractivity contribution in [2.75, 3.05) is 26.3 Å². The van der Waals surface area contributed by atoms with E-state index in [1.54, 1.807) is 0 Å². The number of ether oxygens (including phenoxy) is 1. The first-order valence-electron chi connectivity index (χ1n) is 8.00. The molecule has 2 saturated heterocycles. The molecule has 5 heteroatoms. The Balaban J connectivity index is 1.81. The first kappa shape index (κ1) is 15.7. The van der Waals surface area contributed by atoms with Crippen LogP contribution in [-0.4, -0.2) is 60.4 Å². The van der Waals surface area contributed by atoms with Crippen molar-refractivity contribution in [3.63, 3.8) is 0 Å². The number of carbonyl (C=O) groups is 1. The zero-order chi connectivity index (χ0) is 14.4. The van der Waals surface area contributed by atoms with Crippen LogP contribution in [0.1, 0.15) is 45.4 Å². The van der Waals surface area contributed by atoms with Gasteiger partial charge in [0.2, 0.25) is 5.91 Å². The average Bonchev–Trinajstić information content (AvgIpc) is 2.48. The Morgan fingerprint density at radius 1 is 1.35 bits per heavy atom. The highest BCUT2D eigenvalue weighted by Crippen LogP contribution is 2.21. The fraction of sp³-hybridized carbons (Fsp3) is 0.933. The molecule has 0 aromatic rings. The predicted octanol–water partition coefficient (Wildman–Crippen LogP) is 0.907. The molecule has 116 valence electrons. The third kappa shape index (κ3) is 4.43. The molecule has 5 nitrogen and oxygen atoms in total. The van der Waals surface area contributed by atoms with Crippen LogP contribution in [0.15, 0.2) is 0 Å². The molecule has 2 fully saturated rings. The van der Waals surface area contributed by atoms with E-state index in [2.05, 4.69) is 10.2 Å². The third-order valence-corrected chi connectivity index (χ3v) is 4.46. The molecular formula is C15H28N2O3. The largest absolute Gasteiger partial charge is 0.392 e. The topological polar surface area (TPSA) is 61.8 Å². The molecule has 2 rings (SSSR count). The van der Waals surface area contributed by atoms with E-state index < -0.39 is 0 Å². The Labute approximate surface area is 121 Å². The van der Waals surface area contributed by atoms with Gasteiger partial charge in [-0.3, -0.25) is 9.69 Å². The Morgan fingerprint density at radius 3 is 2.80 bits per heavy atom. The number of hydrogen-bond donors (Lipinski definition) is 2. The highest BCUT2D eigenvalue weighted by molar-refractivity contribution is 5.78. The number of piperidine rings is 1. The molecule has 0 saturated carbocycles. The fourth-order valence-electron chi connectivity index (χ4n) is 3.22. The van der Waals surface area contributed by atoms with Crippen LogP contribution in [0.2, 0.25) is 0 Å². The van der Waals surface area contributed by atoms with Crippen molar-refractivity contribution in [1.82, 2.24) is 10.2 Å². The summed E-state index contributed by atoms with van der Waals surface area (Å²) in [7, 11) is 0. The van der Waals surface area contributed by atoms with Crippen LogP contribution in [0.25, 0.3) is 0 Å². The van der Waals surface area contributed by atoms with Crippen molar-refractivity contribution in [3.8, 4) is 0 Å². The molecule has 2 heterocycles. The van der Waals surface area contributed by atoms with Crippen molar-refractivity contribution in [3.05, 3.63) is 0 Å². The van der Waals surface area contributed by atoms with E-state index in [0.717, 1.165) is 58.3 Å². The van der Waals surface area contributed by atoms with Crippen LogP contribution < -0.4 is 5.32 Å². The number of carbonyl (C=O) groups excluding carboxylic acids is 1. The number of hydrogen-bond acceptors (Lipinski definition) is 4. The monoisotopic (exact) mass is 284 g/mol. The number of nitrogens with zero attached hydrogens (tertiary/aromatic N) is 1. The molecule has 0 bridgehead atoms. The summed E-state index contributed by atoms with van der Waals surface area (Å²) < 4.78 is 5.30. The number of amides is 1. The van der Waals surface area contributed by atoms with Crippen LogP contribution >= 0.6 is 0 Å². The van der Waals surface area contributed by atoms with Crippen LogP contribution in [0.4, 0.5) is 0 Å². The minimum absolute atomic E-state index is 0.0899. The van der Waals surface area contributed by atoms with Gasteiger partial charge >= 0.3 is 0 Å². The van der Waals surface area contributed by atoms with Gasteiger partial charge in [-0.05, 0) is 38.6 Å². The average molecular weight is 284 g/mol. The van der Waals surface area contributed by atoms with Crippen LogP contribution in [0, 0.1) is 0 Å². The fourth-order valence-corrected chi connectivity index (χ4v) is 3.22. The van der Waals surface area contributed by atoms with Crippen LogP contribution in [0.3, 0.4) is 0 Å². The molecule has 1 amide bonds. The van der Waals surface area contributed by atoms with Gasteiger partial charge in [0.15, 0.2) is 0 Å². The maximum atomic E-state index is 12.2. The van der Waals surface area contributed by atoms with E-state index in [1.165, 1.54) is 0 Å². The van der Waals surface area contributed by atoms with Gasteiger partial charge in [-0.1, -0.05) is 13.3 Å². The van der Waals surface area contributed by atoms with Gasteiger partial charge < -0.3 is 15.2 Å². The van der Waals surface area contributed by atoms with Gasteiger partial charge in [0.05, 0.1) is 12.6 Å². The molecule has 2 atom stereocenters. The number of nitrogens with one attached hydrogen (secondary N) is 1. The van der Waals surface area contributed by atoms with Crippen LogP contribution in [0.5, 0.6) is 0 Å². The smallest absolute Gasteiger partial charge is 0.234 e. The Bertz CT molecular complexity index is 305. The maximum Gasteiger partial charge on any atom is 0.234 e. The molecule has 0 radical (unpaired) electrons. The normalized spacial score (nSPS) is 27.2. The molecule has 2 aliphatic rings. The van der Waals surface area contributed by atoms with E-state index >= 15 is 0 Å².